The first-order chi connectivity index (χ1) is 22.4. The first kappa shape index (κ1) is 33.9. The standard InChI is InChI=1S/C39H50O7/c1-3-4-5-6-7-8-9-10-11-12-13-14-15-18-25-44-28-23-21-27(22-24-28)35-34-33(37(42)46-38(34)43)29-19-16-17-20-30(29)39(35,2)31-26-32(40)45-36(31)41/h16-17,19-24,31,33-35H,3-15,18,25-26H2,1-2H3. The maximum atomic E-state index is 13.2. The van der Waals surface area contributed by atoms with Crippen molar-refractivity contribution in [2.24, 2.45) is 11.8 Å². The molecule has 5 unspecified atom stereocenters. The van der Waals surface area contributed by atoms with E-state index in [-0.39, 0.29) is 6.42 Å². The highest BCUT2D eigenvalue weighted by Crippen LogP contribution is 2.61. The summed E-state index contributed by atoms with van der Waals surface area (Å²) in [5, 5.41) is 0. The molecule has 2 aromatic rings. The summed E-state index contributed by atoms with van der Waals surface area (Å²) >= 11 is 0. The zero-order valence-corrected chi connectivity index (χ0v) is 27.6. The van der Waals surface area contributed by atoms with Crippen LogP contribution in [-0.4, -0.2) is 30.5 Å². The first-order valence-corrected chi connectivity index (χ1v) is 17.7. The van der Waals surface area contributed by atoms with Crippen molar-refractivity contribution in [3.8, 4) is 5.75 Å². The average Bonchev–Trinajstić information content (AvgIpc) is 3.55. The van der Waals surface area contributed by atoms with E-state index in [2.05, 4.69) is 6.92 Å². The quantitative estimate of drug-likeness (QED) is 0.0926. The molecule has 3 aliphatic rings. The number of carbonyl (C=O) groups is 4. The number of benzene rings is 2. The van der Waals surface area contributed by atoms with Crippen molar-refractivity contribution >= 4 is 23.9 Å². The van der Waals surface area contributed by atoms with Crippen LogP contribution in [0.2, 0.25) is 0 Å². The Kier molecular flexibility index (Phi) is 11.7. The Morgan fingerprint density at radius 1 is 0.696 bits per heavy atom. The molecule has 7 nitrogen and oxygen atoms in total. The number of carbonyl (C=O) groups excluding carboxylic acids is 4. The number of cyclic esters (lactones) is 4. The third-order valence-corrected chi connectivity index (χ3v) is 10.6. The summed E-state index contributed by atoms with van der Waals surface area (Å²) in [6.07, 6.45) is 18.2. The summed E-state index contributed by atoms with van der Waals surface area (Å²) in [7, 11) is 0. The molecule has 7 heteroatoms. The van der Waals surface area contributed by atoms with Gasteiger partial charge in [-0.1, -0.05) is 134 Å². The van der Waals surface area contributed by atoms with Crippen LogP contribution in [0.3, 0.4) is 0 Å². The lowest BCUT2D eigenvalue weighted by Gasteiger charge is -2.48. The summed E-state index contributed by atoms with van der Waals surface area (Å²) < 4.78 is 16.3. The van der Waals surface area contributed by atoms with Crippen LogP contribution in [0, 0.1) is 11.8 Å². The van der Waals surface area contributed by atoms with E-state index in [9.17, 15) is 19.2 Å². The van der Waals surface area contributed by atoms with Crippen LogP contribution in [0.4, 0.5) is 0 Å². The zero-order chi connectivity index (χ0) is 32.5. The maximum absolute atomic E-state index is 13.2. The molecule has 5 rings (SSSR count). The fourth-order valence-corrected chi connectivity index (χ4v) is 8.11. The normalized spacial score (nSPS) is 25.3. The van der Waals surface area contributed by atoms with Crippen LogP contribution in [0.15, 0.2) is 48.5 Å². The van der Waals surface area contributed by atoms with E-state index in [1.54, 1.807) is 0 Å². The van der Waals surface area contributed by atoms with Crippen molar-refractivity contribution in [2.75, 3.05) is 6.61 Å². The smallest absolute Gasteiger partial charge is 0.321 e. The highest BCUT2D eigenvalue weighted by Gasteiger charge is 2.64. The largest absolute Gasteiger partial charge is 0.494 e. The van der Waals surface area contributed by atoms with Crippen molar-refractivity contribution < 1.29 is 33.4 Å². The molecule has 0 saturated carbocycles. The minimum absolute atomic E-state index is 0.0824. The molecule has 2 aromatic carbocycles. The van der Waals surface area contributed by atoms with Gasteiger partial charge in [0.2, 0.25) is 0 Å². The molecule has 0 spiro atoms. The van der Waals surface area contributed by atoms with E-state index in [0.717, 1.165) is 29.7 Å². The highest BCUT2D eigenvalue weighted by molar-refractivity contribution is 6.02. The van der Waals surface area contributed by atoms with Gasteiger partial charge in [0, 0.05) is 11.3 Å². The number of rotatable bonds is 18. The van der Waals surface area contributed by atoms with Gasteiger partial charge >= 0.3 is 23.9 Å². The van der Waals surface area contributed by atoms with E-state index in [1.165, 1.54) is 77.0 Å². The third-order valence-electron chi connectivity index (χ3n) is 10.6. The molecule has 0 radical (unpaired) electrons. The summed E-state index contributed by atoms with van der Waals surface area (Å²) in [5.74, 6) is -4.60. The Balaban J connectivity index is 1.16. The maximum Gasteiger partial charge on any atom is 0.321 e. The monoisotopic (exact) mass is 630 g/mol. The Hall–Kier alpha value is -3.48. The Labute approximate surface area is 273 Å². The fraction of sp³-hybridized carbons (Fsp3) is 0.590. The SMILES string of the molecule is CCCCCCCCCCCCCCCCOc1ccc(C2C3C(=O)OC(=O)C3c3ccccc3C2(C)C2CC(=O)OC2=O)cc1. The lowest BCUT2D eigenvalue weighted by molar-refractivity contribution is -0.156. The van der Waals surface area contributed by atoms with Crippen molar-refractivity contribution in [1.82, 2.24) is 0 Å². The van der Waals surface area contributed by atoms with Gasteiger partial charge in [-0.05, 0) is 35.2 Å². The predicted octanol–water partition coefficient (Wildman–Crippen LogP) is 8.47. The number of hydrogen-bond acceptors (Lipinski definition) is 7. The molecule has 0 amide bonds. The molecule has 2 fully saturated rings. The number of fused-ring (bicyclic) bond motifs is 3. The summed E-state index contributed by atoms with van der Waals surface area (Å²) in [6, 6.07) is 15.0. The molecule has 2 heterocycles. The highest BCUT2D eigenvalue weighted by atomic mass is 16.6. The molecule has 46 heavy (non-hydrogen) atoms. The molecule has 0 N–H and O–H groups in total. The second-order valence-electron chi connectivity index (χ2n) is 13.7. The molecule has 1 aliphatic carbocycles. The van der Waals surface area contributed by atoms with Crippen LogP contribution >= 0.6 is 0 Å². The van der Waals surface area contributed by atoms with Gasteiger partial charge in [-0.3, -0.25) is 19.2 Å². The van der Waals surface area contributed by atoms with Crippen molar-refractivity contribution in [2.45, 2.75) is 127 Å². The van der Waals surface area contributed by atoms with Gasteiger partial charge in [0.05, 0.1) is 30.8 Å². The van der Waals surface area contributed by atoms with E-state index in [1.807, 2.05) is 55.5 Å². The van der Waals surface area contributed by atoms with Crippen LogP contribution in [0.5, 0.6) is 5.75 Å². The minimum Gasteiger partial charge on any atom is -0.494 e. The van der Waals surface area contributed by atoms with Gasteiger partial charge in [-0.2, -0.15) is 0 Å². The Morgan fingerprint density at radius 3 is 1.87 bits per heavy atom. The lowest BCUT2D eigenvalue weighted by Crippen LogP contribution is -2.49. The molecule has 248 valence electrons. The van der Waals surface area contributed by atoms with Crippen LogP contribution in [-0.2, 0) is 34.1 Å². The summed E-state index contributed by atoms with van der Waals surface area (Å²) in [6.45, 7) is 4.81. The molecule has 0 bridgehead atoms. The fourth-order valence-electron chi connectivity index (χ4n) is 8.11. The van der Waals surface area contributed by atoms with Crippen LogP contribution < -0.4 is 4.74 Å². The molecule has 2 aliphatic heterocycles. The van der Waals surface area contributed by atoms with Gasteiger partial charge in [0.1, 0.15) is 5.75 Å². The van der Waals surface area contributed by atoms with Crippen LogP contribution in [0.25, 0.3) is 0 Å². The molecular weight excluding hydrogens is 580 g/mol. The van der Waals surface area contributed by atoms with E-state index in [0.29, 0.717) is 12.2 Å². The van der Waals surface area contributed by atoms with Gasteiger partial charge in [-0.25, -0.2) is 0 Å². The van der Waals surface area contributed by atoms with E-state index < -0.39 is 53.0 Å². The first-order valence-electron chi connectivity index (χ1n) is 17.7. The van der Waals surface area contributed by atoms with Crippen molar-refractivity contribution in [1.29, 1.82) is 0 Å². The average molecular weight is 631 g/mol. The topological polar surface area (TPSA) is 96.0 Å². The lowest BCUT2D eigenvalue weighted by atomic mass is 9.51. The molecule has 2 saturated heterocycles. The van der Waals surface area contributed by atoms with Crippen LogP contribution in [0.1, 0.15) is 139 Å². The molecule has 0 aromatic heterocycles. The van der Waals surface area contributed by atoms with Gasteiger partial charge in [0.25, 0.3) is 0 Å². The molecular formula is C39H50O7. The minimum atomic E-state index is -0.985. The number of esters is 4. The summed E-state index contributed by atoms with van der Waals surface area (Å²) in [5.41, 5.74) is 1.24. The second kappa shape index (κ2) is 15.9. The number of ether oxygens (including phenoxy) is 3. The van der Waals surface area contributed by atoms with E-state index in [4.69, 9.17) is 14.2 Å². The van der Waals surface area contributed by atoms with Crippen molar-refractivity contribution in [3.05, 3.63) is 65.2 Å². The van der Waals surface area contributed by atoms with Gasteiger partial charge < -0.3 is 14.2 Å². The van der Waals surface area contributed by atoms with Gasteiger partial charge in [-0.15, -0.1) is 0 Å². The second-order valence-corrected chi connectivity index (χ2v) is 13.7. The van der Waals surface area contributed by atoms with Crippen molar-refractivity contribution in [3.63, 3.8) is 0 Å². The van der Waals surface area contributed by atoms with E-state index >= 15 is 0 Å². The zero-order valence-electron chi connectivity index (χ0n) is 27.6. The van der Waals surface area contributed by atoms with Gasteiger partial charge in [0.15, 0.2) is 0 Å². The Bertz CT molecular complexity index is 1360. The molecule has 5 atom stereocenters. The third kappa shape index (κ3) is 7.39. The summed E-state index contributed by atoms with van der Waals surface area (Å²) in [4.78, 5) is 51.5. The number of hydrogen-bond donors (Lipinski definition) is 0. The number of unbranched alkanes of at least 4 members (excludes halogenated alkanes) is 13. The predicted molar refractivity (Wildman–Crippen MR) is 175 cm³/mol. The Morgan fingerprint density at radius 2 is 1.28 bits per heavy atom.